The lowest BCUT2D eigenvalue weighted by Gasteiger charge is -2.27. The van der Waals surface area contributed by atoms with Crippen LogP contribution in [0.1, 0.15) is 6.92 Å². The molecular weight excluding hydrogens is 195 g/mol. The van der Waals surface area contributed by atoms with Gasteiger partial charge < -0.3 is 5.32 Å². The molecular formula is C8H14F3N3. The molecule has 0 heterocycles. The minimum Gasteiger partial charge on any atom is -0.302 e. The van der Waals surface area contributed by atoms with Crippen molar-refractivity contribution in [1.82, 2.24) is 10.2 Å². The molecule has 0 saturated carbocycles. The fourth-order valence-corrected chi connectivity index (χ4v) is 1.07. The van der Waals surface area contributed by atoms with Crippen LogP contribution in [-0.4, -0.2) is 43.8 Å². The van der Waals surface area contributed by atoms with Gasteiger partial charge in [-0.05, 0) is 21.0 Å². The monoisotopic (exact) mass is 209 g/mol. The van der Waals surface area contributed by atoms with Crippen molar-refractivity contribution in [2.75, 3.05) is 27.2 Å². The number of hydrogen-bond acceptors (Lipinski definition) is 3. The maximum absolute atomic E-state index is 11.9. The zero-order valence-corrected chi connectivity index (χ0v) is 8.44. The molecule has 0 spiro atoms. The minimum atomic E-state index is -4.22. The number of alkyl halides is 3. The molecule has 6 heteroatoms. The highest BCUT2D eigenvalue weighted by molar-refractivity contribution is 5.04. The Morgan fingerprint density at radius 3 is 2.14 bits per heavy atom. The van der Waals surface area contributed by atoms with Crippen LogP contribution in [0.2, 0.25) is 0 Å². The van der Waals surface area contributed by atoms with Crippen LogP contribution in [0.5, 0.6) is 0 Å². The SMILES string of the molecule is CNC(C)(C#N)CN(C)CC(F)(F)F. The Bertz CT molecular complexity index is 221. The fourth-order valence-electron chi connectivity index (χ4n) is 1.07. The maximum atomic E-state index is 11.9. The van der Waals surface area contributed by atoms with E-state index in [0.717, 1.165) is 4.90 Å². The molecule has 14 heavy (non-hydrogen) atoms. The summed E-state index contributed by atoms with van der Waals surface area (Å²) in [6.45, 7) is 0.575. The third-order valence-electron chi connectivity index (χ3n) is 1.83. The van der Waals surface area contributed by atoms with Crippen molar-refractivity contribution < 1.29 is 13.2 Å². The second-order valence-electron chi connectivity index (χ2n) is 3.48. The first kappa shape index (κ1) is 13.2. The molecule has 1 atom stereocenters. The Labute approximate surface area is 81.5 Å². The summed E-state index contributed by atoms with van der Waals surface area (Å²) in [5.74, 6) is 0. The first-order valence-corrected chi connectivity index (χ1v) is 4.08. The molecule has 0 aromatic carbocycles. The number of hydrogen-bond donors (Lipinski definition) is 1. The molecule has 82 valence electrons. The van der Waals surface area contributed by atoms with Crippen molar-refractivity contribution in [3.05, 3.63) is 0 Å². The van der Waals surface area contributed by atoms with Crippen molar-refractivity contribution in [3.63, 3.8) is 0 Å². The Balaban J connectivity index is 4.19. The molecule has 0 aromatic heterocycles. The van der Waals surface area contributed by atoms with Crippen molar-refractivity contribution in [3.8, 4) is 6.07 Å². The first-order valence-electron chi connectivity index (χ1n) is 4.08. The number of rotatable bonds is 4. The summed E-state index contributed by atoms with van der Waals surface area (Å²) in [7, 11) is 2.88. The van der Waals surface area contributed by atoms with E-state index in [4.69, 9.17) is 5.26 Å². The van der Waals surface area contributed by atoms with Crippen molar-refractivity contribution >= 4 is 0 Å². The van der Waals surface area contributed by atoms with Crippen LogP contribution in [-0.2, 0) is 0 Å². The van der Waals surface area contributed by atoms with Gasteiger partial charge in [-0.1, -0.05) is 0 Å². The predicted molar refractivity (Wildman–Crippen MR) is 46.6 cm³/mol. The Hall–Kier alpha value is -0.800. The molecule has 0 aliphatic carbocycles. The fraction of sp³-hybridized carbons (Fsp3) is 0.875. The van der Waals surface area contributed by atoms with E-state index in [9.17, 15) is 13.2 Å². The lowest BCUT2D eigenvalue weighted by Crippen LogP contribution is -2.49. The van der Waals surface area contributed by atoms with Crippen molar-refractivity contribution in [2.24, 2.45) is 0 Å². The minimum absolute atomic E-state index is 0.0273. The molecule has 0 saturated heterocycles. The van der Waals surface area contributed by atoms with Gasteiger partial charge in [0.15, 0.2) is 0 Å². The molecule has 1 unspecified atom stereocenters. The van der Waals surface area contributed by atoms with E-state index in [-0.39, 0.29) is 6.54 Å². The van der Waals surface area contributed by atoms with Gasteiger partial charge in [-0.3, -0.25) is 4.90 Å². The highest BCUT2D eigenvalue weighted by Crippen LogP contribution is 2.16. The average Bonchev–Trinajstić information content (AvgIpc) is 2.00. The molecule has 1 N–H and O–H groups in total. The zero-order chi connectivity index (χ0) is 11.4. The molecule has 3 nitrogen and oxygen atoms in total. The van der Waals surface area contributed by atoms with E-state index < -0.39 is 18.3 Å². The highest BCUT2D eigenvalue weighted by Gasteiger charge is 2.32. The largest absolute Gasteiger partial charge is 0.401 e. The summed E-state index contributed by atoms with van der Waals surface area (Å²) >= 11 is 0. The van der Waals surface area contributed by atoms with Gasteiger partial charge >= 0.3 is 6.18 Å². The standard InChI is InChI=1S/C8H14F3N3/c1-7(4-12,13-2)5-14(3)6-8(9,10)11/h13H,5-6H2,1-3H3. The molecule has 0 bridgehead atoms. The molecule has 0 fully saturated rings. The second kappa shape index (κ2) is 4.62. The number of nitrogens with zero attached hydrogens (tertiary/aromatic N) is 2. The van der Waals surface area contributed by atoms with E-state index in [1.165, 1.54) is 7.05 Å². The van der Waals surface area contributed by atoms with Gasteiger partial charge in [-0.25, -0.2) is 0 Å². The number of nitrogens with one attached hydrogen (secondary N) is 1. The van der Waals surface area contributed by atoms with Gasteiger partial charge in [0.2, 0.25) is 0 Å². The van der Waals surface area contributed by atoms with Crippen LogP contribution in [0, 0.1) is 11.3 Å². The van der Waals surface area contributed by atoms with Gasteiger partial charge in [-0.2, -0.15) is 18.4 Å². The van der Waals surface area contributed by atoms with Crippen molar-refractivity contribution in [1.29, 1.82) is 5.26 Å². The Morgan fingerprint density at radius 1 is 1.36 bits per heavy atom. The van der Waals surface area contributed by atoms with Crippen LogP contribution in [0.3, 0.4) is 0 Å². The Kier molecular flexibility index (Phi) is 4.36. The van der Waals surface area contributed by atoms with Crippen LogP contribution < -0.4 is 5.32 Å². The summed E-state index contributed by atoms with van der Waals surface area (Å²) in [6, 6.07) is 1.92. The van der Waals surface area contributed by atoms with Gasteiger partial charge in [0, 0.05) is 6.54 Å². The zero-order valence-electron chi connectivity index (χ0n) is 8.44. The smallest absolute Gasteiger partial charge is 0.302 e. The molecule has 0 aliphatic heterocycles. The van der Waals surface area contributed by atoms with Crippen molar-refractivity contribution in [2.45, 2.75) is 18.6 Å². The van der Waals surface area contributed by atoms with Gasteiger partial charge in [0.05, 0.1) is 12.6 Å². The summed E-state index contributed by atoms with van der Waals surface area (Å²) in [5.41, 5.74) is -0.944. The molecule has 0 radical (unpaired) electrons. The number of likely N-dealkylation sites (N-methyl/N-ethyl adjacent to an activating group) is 2. The van der Waals surface area contributed by atoms with E-state index >= 15 is 0 Å². The van der Waals surface area contributed by atoms with Gasteiger partial charge in [0.1, 0.15) is 5.54 Å². The Morgan fingerprint density at radius 2 is 1.86 bits per heavy atom. The van der Waals surface area contributed by atoms with Gasteiger partial charge in [-0.15, -0.1) is 0 Å². The maximum Gasteiger partial charge on any atom is 0.401 e. The van der Waals surface area contributed by atoms with E-state index in [2.05, 4.69) is 5.32 Å². The molecule has 0 rings (SSSR count). The number of nitriles is 1. The predicted octanol–water partition coefficient (Wildman–Crippen LogP) is 0.982. The molecule has 0 aromatic rings. The second-order valence-corrected chi connectivity index (χ2v) is 3.48. The molecule has 0 amide bonds. The summed E-state index contributed by atoms with van der Waals surface area (Å²) in [5, 5.41) is 11.4. The van der Waals surface area contributed by atoms with Gasteiger partial charge in [0.25, 0.3) is 0 Å². The summed E-state index contributed by atoms with van der Waals surface area (Å²) < 4.78 is 35.8. The number of halogens is 3. The van der Waals surface area contributed by atoms with Crippen LogP contribution >= 0.6 is 0 Å². The van der Waals surface area contributed by atoms with E-state index in [0.29, 0.717) is 0 Å². The highest BCUT2D eigenvalue weighted by atomic mass is 19.4. The van der Waals surface area contributed by atoms with E-state index in [1.54, 1.807) is 14.0 Å². The van der Waals surface area contributed by atoms with Crippen LogP contribution in [0.15, 0.2) is 0 Å². The molecule has 0 aliphatic rings. The third-order valence-corrected chi connectivity index (χ3v) is 1.83. The third kappa shape index (κ3) is 5.04. The normalized spacial score (nSPS) is 16.4. The lowest BCUT2D eigenvalue weighted by atomic mass is 10.1. The van der Waals surface area contributed by atoms with Crippen LogP contribution in [0.25, 0.3) is 0 Å². The topological polar surface area (TPSA) is 39.1 Å². The summed E-state index contributed by atoms with van der Waals surface area (Å²) in [6.07, 6.45) is -4.22. The van der Waals surface area contributed by atoms with E-state index in [1.807, 2.05) is 6.07 Å². The van der Waals surface area contributed by atoms with Crippen LogP contribution in [0.4, 0.5) is 13.2 Å². The average molecular weight is 209 g/mol. The first-order chi connectivity index (χ1) is 6.22. The lowest BCUT2D eigenvalue weighted by molar-refractivity contribution is -0.144. The summed E-state index contributed by atoms with van der Waals surface area (Å²) in [4.78, 5) is 1.07. The quantitative estimate of drug-likeness (QED) is 0.750.